The van der Waals surface area contributed by atoms with Crippen molar-refractivity contribution in [2.75, 3.05) is 13.1 Å². The summed E-state index contributed by atoms with van der Waals surface area (Å²) in [6.45, 7) is 6.90. The molecule has 5 heteroatoms. The zero-order chi connectivity index (χ0) is 16.8. The van der Waals surface area contributed by atoms with Gasteiger partial charge in [0.1, 0.15) is 5.58 Å². The summed E-state index contributed by atoms with van der Waals surface area (Å²) in [7, 11) is 0. The third kappa shape index (κ3) is 4.48. The normalized spacial score (nSPS) is 11.4. The number of phenolic OH excluding ortho intramolecular Hbond substituents is 2. The van der Waals surface area contributed by atoms with Crippen molar-refractivity contribution in [1.82, 2.24) is 4.90 Å². The molecule has 1 heterocycles. The summed E-state index contributed by atoms with van der Waals surface area (Å²) in [5.41, 5.74) is 0.677. The van der Waals surface area contributed by atoms with E-state index in [1.807, 2.05) is 0 Å². The van der Waals surface area contributed by atoms with Crippen LogP contribution >= 0.6 is 0 Å². The minimum atomic E-state index is -0.441. The number of unbranched alkanes of at least 4 members (excludes halogenated alkanes) is 2. The third-order valence-electron chi connectivity index (χ3n) is 3.98. The molecule has 0 fully saturated rings. The molecule has 0 saturated heterocycles. The van der Waals surface area contributed by atoms with E-state index >= 15 is 0 Å². The van der Waals surface area contributed by atoms with E-state index in [0.717, 1.165) is 44.3 Å². The Labute approximate surface area is 136 Å². The van der Waals surface area contributed by atoms with Crippen LogP contribution in [0.1, 0.15) is 45.1 Å². The maximum Gasteiger partial charge on any atom is 0.336 e. The lowest BCUT2D eigenvalue weighted by molar-refractivity contribution is 0.257. The summed E-state index contributed by atoms with van der Waals surface area (Å²) in [6, 6.07) is 4.22. The van der Waals surface area contributed by atoms with Gasteiger partial charge in [0.2, 0.25) is 0 Å². The summed E-state index contributed by atoms with van der Waals surface area (Å²) in [5, 5.41) is 20.0. The lowest BCUT2D eigenvalue weighted by atomic mass is 10.1. The Morgan fingerprint density at radius 1 is 1.00 bits per heavy atom. The molecular formula is C18H25NO4. The van der Waals surface area contributed by atoms with E-state index in [0.29, 0.717) is 17.5 Å². The highest BCUT2D eigenvalue weighted by Crippen LogP contribution is 2.31. The lowest BCUT2D eigenvalue weighted by Gasteiger charge is -2.22. The topological polar surface area (TPSA) is 73.9 Å². The fourth-order valence-electron chi connectivity index (χ4n) is 2.66. The Morgan fingerprint density at radius 3 is 2.22 bits per heavy atom. The second kappa shape index (κ2) is 8.02. The summed E-state index contributed by atoms with van der Waals surface area (Å²) in [5.74, 6) is -0.493. The summed E-state index contributed by atoms with van der Waals surface area (Å²) < 4.78 is 5.14. The molecule has 1 aromatic carbocycles. The average Bonchev–Trinajstić information content (AvgIpc) is 2.51. The molecule has 23 heavy (non-hydrogen) atoms. The van der Waals surface area contributed by atoms with Crippen LogP contribution in [-0.2, 0) is 6.54 Å². The van der Waals surface area contributed by atoms with Gasteiger partial charge in [-0.1, -0.05) is 26.7 Å². The number of rotatable bonds is 8. The molecule has 0 saturated carbocycles. The highest BCUT2D eigenvalue weighted by molar-refractivity contribution is 5.83. The van der Waals surface area contributed by atoms with E-state index in [1.54, 1.807) is 0 Å². The van der Waals surface area contributed by atoms with Crippen molar-refractivity contribution in [3.8, 4) is 11.5 Å². The van der Waals surface area contributed by atoms with Gasteiger partial charge in [-0.05, 0) is 37.6 Å². The molecular weight excluding hydrogens is 294 g/mol. The third-order valence-corrected chi connectivity index (χ3v) is 3.98. The van der Waals surface area contributed by atoms with E-state index < -0.39 is 5.63 Å². The molecule has 0 spiro atoms. The second-order valence-corrected chi connectivity index (χ2v) is 5.91. The largest absolute Gasteiger partial charge is 0.504 e. The van der Waals surface area contributed by atoms with Gasteiger partial charge in [-0.25, -0.2) is 4.79 Å². The molecule has 0 atom stereocenters. The van der Waals surface area contributed by atoms with Crippen molar-refractivity contribution in [1.29, 1.82) is 0 Å². The predicted octanol–water partition coefficient (Wildman–Crippen LogP) is 3.61. The Kier molecular flexibility index (Phi) is 6.04. The van der Waals surface area contributed by atoms with Crippen LogP contribution in [0.15, 0.2) is 27.4 Å². The molecule has 2 rings (SSSR count). The maximum absolute atomic E-state index is 11.8. The van der Waals surface area contributed by atoms with Gasteiger partial charge in [0.25, 0.3) is 0 Å². The molecule has 5 nitrogen and oxygen atoms in total. The van der Waals surface area contributed by atoms with E-state index in [9.17, 15) is 15.0 Å². The first-order valence-corrected chi connectivity index (χ1v) is 8.26. The number of fused-ring (bicyclic) bond motifs is 1. The van der Waals surface area contributed by atoms with Crippen LogP contribution in [0, 0.1) is 0 Å². The highest BCUT2D eigenvalue weighted by atomic mass is 16.4. The highest BCUT2D eigenvalue weighted by Gasteiger charge is 2.13. The maximum atomic E-state index is 11.8. The first kappa shape index (κ1) is 17.3. The van der Waals surface area contributed by atoms with Crippen molar-refractivity contribution in [3.05, 3.63) is 34.2 Å². The molecule has 0 bridgehead atoms. The van der Waals surface area contributed by atoms with Crippen molar-refractivity contribution < 1.29 is 14.6 Å². The molecule has 0 aliphatic heterocycles. The number of hydrogen-bond donors (Lipinski definition) is 2. The molecule has 0 amide bonds. The zero-order valence-electron chi connectivity index (χ0n) is 13.8. The van der Waals surface area contributed by atoms with Crippen LogP contribution in [0.5, 0.6) is 11.5 Å². The quantitative estimate of drug-likeness (QED) is 0.574. The van der Waals surface area contributed by atoms with Crippen molar-refractivity contribution in [2.45, 2.75) is 46.1 Å². The molecule has 0 unspecified atom stereocenters. The van der Waals surface area contributed by atoms with Crippen LogP contribution in [0.2, 0.25) is 0 Å². The minimum absolute atomic E-state index is 0.207. The molecule has 2 aromatic rings. The van der Waals surface area contributed by atoms with Gasteiger partial charge >= 0.3 is 5.63 Å². The van der Waals surface area contributed by atoms with Gasteiger partial charge in [-0.3, -0.25) is 4.90 Å². The van der Waals surface area contributed by atoms with Crippen molar-refractivity contribution >= 4 is 11.0 Å². The monoisotopic (exact) mass is 319 g/mol. The minimum Gasteiger partial charge on any atom is -0.504 e. The molecule has 0 aliphatic rings. The Hall–Kier alpha value is -2.01. The van der Waals surface area contributed by atoms with Gasteiger partial charge in [0.15, 0.2) is 11.5 Å². The van der Waals surface area contributed by atoms with Gasteiger partial charge in [0.05, 0.1) is 0 Å². The lowest BCUT2D eigenvalue weighted by Crippen LogP contribution is -2.26. The van der Waals surface area contributed by atoms with Crippen LogP contribution in [-0.4, -0.2) is 28.2 Å². The Bertz CT molecular complexity index is 700. The van der Waals surface area contributed by atoms with Crippen molar-refractivity contribution in [3.63, 3.8) is 0 Å². The molecule has 2 N–H and O–H groups in total. The molecule has 1 aromatic heterocycles. The van der Waals surface area contributed by atoms with Crippen LogP contribution < -0.4 is 5.63 Å². The van der Waals surface area contributed by atoms with Gasteiger partial charge in [-0.15, -0.1) is 0 Å². The van der Waals surface area contributed by atoms with E-state index in [4.69, 9.17) is 4.42 Å². The molecule has 0 aliphatic carbocycles. The fraction of sp³-hybridized carbons (Fsp3) is 0.500. The SMILES string of the molecule is CCCCN(CCCC)Cc1cc(=O)oc2cc(O)c(O)cc12. The zero-order valence-corrected chi connectivity index (χ0v) is 13.8. The van der Waals surface area contributed by atoms with E-state index in [2.05, 4.69) is 18.7 Å². The number of nitrogens with zero attached hydrogens (tertiary/aromatic N) is 1. The second-order valence-electron chi connectivity index (χ2n) is 5.91. The first-order chi connectivity index (χ1) is 11.0. The molecule has 0 radical (unpaired) electrons. The van der Waals surface area contributed by atoms with E-state index in [-0.39, 0.29) is 11.5 Å². The Morgan fingerprint density at radius 2 is 1.61 bits per heavy atom. The summed E-state index contributed by atoms with van der Waals surface area (Å²) in [6.07, 6.45) is 4.45. The Balaban J connectivity index is 2.36. The van der Waals surface area contributed by atoms with Crippen molar-refractivity contribution in [2.24, 2.45) is 0 Å². The number of phenols is 2. The number of benzene rings is 1. The van der Waals surface area contributed by atoms with Crippen LogP contribution in [0.25, 0.3) is 11.0 Å². The first-order valence-electron chi connectivity index (χ1n) is 8.26. The molecule has 126 valence electrons. The summed E-state index contributed by atoms with van der Waals surface area (Å²) in [4.78, 5) is 14.1. The average molecular weight is 319 g/mol. The fourth-order valence-corrected chi connectivity index (χ4v) is 2.66. The standard InChI is InChI=1S/C18H25NO4/c1-3-5-7-19(8-6-4-2)12-13-9-18(22)23-17-11-16(21)15(20)10-14(13)17/h9-11,20-21H,3-8,12H2,1-2H3. The van der Waals surface area contributed by atoms with E-state index in [1.165, 1.54) is 18.2 Å². The number of aromatic hydroxyl groups is 2. The van der Waals surface area contributed by atoms with Gasteiger partial charge in [0, 0.05) is 24.1 Å². The van der Waals surface area contributed by atoms with Crippen LogP contribution in [0.3, 0.4) is 0 Å². The predicted molar refractivity (Wildman–Crippen MR) is 90.9 cm³/mol. The smallest absolute Gasteiger partial charge is 0.336 e. The van der Waals surface area contributed by atoms with Crippen LogP contribution in [0.4, 0.5) is 0 Å². The summed E-state index contributed by atoms with van der Waals surface area (Å²) >= 11 is 0. The van der Waals surface area contributed by atoms with Gasteiger partial charge in [-0.2, -0.15) is 0 Å². The number of hydrogen-bond acceptors (Lipinski definition) is 5. The van der Waals surface area contributed by atoms with Gasteiger partial charge < -0.3 is 14.6 Å².